The molecule has 4 bridgehead atoms. The molecule has 0 saturated carbocycles. The number of thioether (sulfide) groups is 2. The standard InChI is InChI=1S/C23H30N4O5S3/c1-13(2)19-21(30)32-15(7-5-6-8-33-14(3)28)9-17(29)24-10-18-25-16(11-34-18)20-27-23(4,12-35-20)22(31)26-19/h5,7,11,13,15,19H,6,8-10,12H2,1-4H3,(H,24,29)(H,26,31)/t15-,19+,23+/m1/s1. The zero-order chi connectivity index (χ0) is 25.6. The molecule has 3 rings (SSSR count). The average Bonchev–Trinajstić information content (AvgIpc) is 3.42. The number of esters is 1. The number of amides is 2. The van der Waals surface area contributed by atoms with Crippen molar-refractivity contribution >= 4 is 62.8 Å². The molecular formula is C23H30N4O5S3. The highest BCUT2D eigenvalue weighted by Crippen LogP contribution is 2.32. The lowest BCUT2D eigenvalue weighted by Gasteiger charge is -2.27. The van der Waals surface area contributed by atoms with Crippen molar-refractivity contribution in [2.75, 3.05) is 11.5 Å². The van der Waals surface area contributed by atoms with Gasteiger partial charge in [-0.3, -0.25) is 19.4 Å². The van der Waals surface area contributed by atoms with E-state index in [1.165, 1.54) is 41.8 Å². The number of cyclic esters (lactones) is 1. The fourth-order valence-electron chi connectivity index (χ4n) is 3.35. The van der Waals surface area contributed by atoms with Crippen LogP contribution in [-0.2, 0) is 30.5 Å². The molecule has 0 aliphatic carbocycles. The first-order valence-electron chi connectivity index (χ1n) is 11.3. The first-order valence-corrected chi connectivity index (χ1v) is 14.2. The van der Waals surface area contributed by atoms with E-state index in [2.05, 4.69) is 20.6 Å². The van der Waals surface area contributed by atoms with E-state index in [0.717, 1.165) is 0 Å². The number of ether oxygens (including phenoxy) is 1. The summed E-state index contributed by atoms with van der Waals surface area (Å²) in [5.74, 6) is -0.472. The summed E-state index contributed by atoms with van der Waals surface area (Å²) in [5.41, 5.74) is -0.354. The lowest BCUT2D eigenvalue weighted by molar-refractivity contribution is -0.153. The smallest absolute Gasteiger partial charge is 0.329 e. The average molecular weight is 539 g/mol. The second kappa shape index (κ2) is 12.2. The number of thiazole rings is 1. The van der Waals surface area contributed by atoms with Gasteiger partial charge in [-0.2, -0.15) is 0 Å². The van der Waals surface area contributed by atoms with Crippen molar-refractivity contribution < 1.29 is 23.9 Å². The van der Waals surface area contributed by atoms with Crippen LogP contribution in [0.4, 0.5) is 0 Å². The molecule has 0 radical (unpaired) electrons. The number of nitrogens with one attached hydrogen (secondary N) is 2. The Balaban J connectivity index is 1.84. The van der Waals surface area contributed by atoms with Crippen LogP contribution in [0.3, 0.4) is 0 Å². The van der Waals surface area contributed by atoms with E-state index in [1.54, 1.807) is 19.1 Å². The van der Waals surface area contributed by atoms with Crippen molar-refractivity contribution in [3.05, 3.63) is 28.2 Å². The third-order valence-electron chi connectivity index (χ3n) is 5.34. The van der Waals surface area contributed by atoms with Crippen LogP contribution in [0.5, 0.6) is 0 Å². The molecule has 0 fully saturated rings. The van der Waals surface area contributed by atoms with Crippen LogP contribution in [0.1, 0.15) is 51.2 Å². The molecule has 190 valence electrons. The maximum atomic E-state index is 13.2. The van der Waals surface area contributed by atoms with Crippen LogP contribution < -0.4 is 10.6 Å². The number of fused-ring (bicyclic) bond motifs is 4. The Kier molecular flexibility index (Phi) is 9.54. The molecule has 2 aliphatic rings. The number of hydrogen-bond donors (Lipinski definition) is 2. The Morgan fingerprint density at radius 3 is 2.86 bits per heavy atom. The highest BCUT2D eigenvalue weighted by molar-refractivity contribution is 8.14. The van der Waals surface area contributed by atoms with Crippen molar-refractivity contribution in [3.63, 3.8) is 0 Å². The molecule has 0 spiro atoms. The Hall–Kier alpha value is -2.18. The highest BCUT2D eigenvalue weighted by atomic mass is 32.2. The molecule has 35 heavy (non-hydrogen) atoms. The van der Waals surface area contributed by atoms with E-state index in [-0.39, 0.29) is 35.8 Å². The zero-order valence-electron chi connectivity index (χ0n) is 20.2. The summed E-state index contributed by atoms with van der Waals surface area (Å²) in [7, 11) is 0. The molecule has 2 amide bonds. The number of rotatable bonds is 5. The third kappa shape index (κ3) is 7.65. The molecule has 3 atom stereocenters. The van der Waals surface area contributed by atoms with Gasteiger partial charge in [0.25, 0.3) is 0 Å². The molecule has 2 N–H and O–H groups in total. The number of nitrogens with zero attached hydrogens (tertiary/aromatic N) is 2. The van der Waals surface area contributed by atoms with Crippen LogP contribution in [0, 0.1) is 5.92 Å². The van der Waals surface area contributed by atoms with E-state index >= 15 is 0 Å². The van der Waals surface area contributed by atoms with Gasteiger partial charge in [0.2, 0.25) is 11.8 Å². The SMILES string of the molecule is CC(=O)SCCC=C[C@@H]1CC(=O)NCc2nc(cs2)C2=N[C@@](C)(CS2)C(=O)N[C@@H](C(C)C)C(=O)O1. The molecule has 3 heterocycles. The third-order valence-corrected chi connectivity index (χ3v) is 8.31. The first kappa shape index (κ1) is 27.4. The molecule has 0 aromatic carbocycles. The minimum atomic E-state index is -1.03. The van der Waals surface area contributed by atoms with Gasteiger partial charge in [0.05, 0.1) is 13.0 Å². The van der Waals surface area contributed by atoms with E-state index in [9.17, 15) is 19.2 Å². The summed E-state index contributed by atoms with van der Waals surface area (Å²) in [5, 5.41) is 8.93. The second-order valence-corrected chi connectivity index (χ2v) is 12.0. The topological polar surface area (TPSA) is 127 Å². The van der Waals surface area contributed by atoms with Gasteiger partial charge in [-0.05, 0) is 25.3 Å². The minimum Gasteiger partial charge on any atom is -0.456 e. The molecule has 0 saturated heterocycles. The Bertz CT molecular complexity index is 1040. The lowest BCUT2D eigenvalue weighted by atomic mass is 10.0. The summed E-state index contributed by atoms with van der Waals surface area (Å²) in [6.07, 6.45) is 3.16. The van der Waals surface area contributed by atoms with Gasteiger partial charge < -0.3 is 15.4 Å². The van der Waals surface area contributed by atoms with Gasteiger partial charge >= 0.3 is 5.97 Å². The second-order valence-electron chi connectivity index (χ2n) is 8.81. The number of aromatic nitrogens is 1. The highest BCUT2D eigenvalue weighted by Gasteiger charge is 2.41. The van der Waals surface area contributed by atoms with E-state index in [0.29, 0.717) is 33.7 Å². The number of aliphatic imine (C=N–C) groups is 1. The van der Waals surface area contributed by atoms with Gasteiger partial charge in [-0.1, -0.05) is 31.7 Å². The largest absolute Gasteiger partial charge is 0.456 e. The Labute approximate surface area is 217 Å². The van der Waals surface area contributed by atoms with Crippen molar-refractivity contribution in [2.24, 2.45) is 10.9 Å². The van der Waals surface area contributed by atoms with Crippen molar-refractivity contribution in [1.29, 1.82) is 0 Å². The van der Waals surface area contributed by atoms with E-state index in [4.69, 9.17) is 4.74 Å². The molecule has 1 aromatic rings. The summed E-state index contributed by atoms with van der Waals surface area (Å²) in [6.45, 7) is 7.13. The molecule has 0 unspecified atom stereocenters. The van der Waals surface area contributed by atoms with Crippen LogP contribution in [-0.4, -0.2) is 62.1 Å². The van der Waals surface area contributed by atoms with Gasteiger partial charge in [-0.25, -0.2) is 9.78 Å². The van der Waals surface area contributed by atoms with Crippen LogP contribution in [0.15, 0.2) is 22.5 Å². The monoisotopic (exact) mass is 538 g/mol. The molecule has 1 aromatic heterocycles. The Morgan fingerprint density at radius 2 is 2.14 bits per heavy atom. The molecular weight excluding hydrogens is 508 g/mol. The number of hydrogen-bond acceptors (Lipinski definition) is 10. The van der Waals surface area contributed by atoms with Gasteiger partial charge in [0, 0.05) is 23.8 Å². The summed E-state index contributed by atoms with van der Waals surface area (Å²) in [6, 6.07) is -0.894. The van der Waals surface area contributed by atoms with Crippen LogP contribution in [0.2, 0.25) is 0 Å². The maximum absolute atomic E-state index is 13.2. The van der Waals surface area contributed by atoms with Crippen LogP contribution in [0.25, 0.3) is 0 Å². The van der Waals surface area contributed by atoms with Crippen molar-refractivity contribution in [2.45, 2.75) is 64.8 Å². The number of carbonyl (C=O) groups excluding carboxylic acids is 4. The van der Waals surface area contributed by atoms with E-state index in [1.807, 2.05) is 19.2 Å². The lowest BCUT2D eigenvalue weighted by Crippen LogP contribution is -2.53. The summed E-state index contributed by atoms with van der Waals surface area (Å²) in [4.78, 5) is 59.2. The normalized spacial score (nSPS) is 25.9. The number of carbonyl (C=O) groups is 4. The molecule has 2 aliphatic heterocycles. The first-order chi connectivity index (χ1) is 16.6. The van der Waals surface area contributed by atoms with Gasteiger partial charge in [0.15, 0.2) is 5.12 Å². The van der Waals surface area contributed by atoms with E-state index < -0.39 is 23.7 Å². The maximum Gasteiger partial charge on any atom is 0.329 e. The van der Waals surface area contributed by atoms with Gasteiger partial charge in [-0.15, -0.1) is 23.1 Å². The number of allylic oxidation sites excluding steroid dienone is 1. The van der Waals surface area contributed by atoms with Crippen LogP contribution >= 0.6 is 34.9 Å². The summed E-state index contributed by atoms with van der Waals surface area (Å²) >= 11 is 4.05. The molecule has 12 heteroatoms. The quantitative estimate of drug-likeness (QED) is 0.333. The molecule has 9 nitrogen and oxygen atoms in total. The van der Waals surface area contributed by atoms with Crippen molar-refractivity contribution in [3.8, 4) is 0 Å². The van der Waals surface area contributed by atoms with Gasteiger partial charge in [0.1, 0.15) is 33.4 Å². The zero-order valence-corrected chi connectivity index (χ0v) is 22.6. The fourth-order valence-corrected chi connectivity index (χ4v) is 5.82. The van der Waals surface area contributed by atoms with Crippen molar-refractivity contribution in [1.82, 2.24) is 15.6 Å². The minimum absolute atomic E-state index is 0.0283. The summed E-state index contributed by atoms with van der Waals surface area (Å²) < 4.78 is 5.68. The predicted molar refractivity (Wildman–Crippen MR) is 140 cm³/mol. The predicted octanol–water partition coefficient (Wildman–Crippen LogP) is 2.69. The fraction of sp³-hybridized carbons (Fsp3) is 0.565. The Morgan fingerprint density at radius 1 is 1.37 bits per heavy atom.